The summed E-state index contributed by atoms with van der Waals surface area (Å²) in [5.41, 5.74) is 2.73. The van der Waals surface area contributed by atoms with Gasteiger partial charge in [0.05, 0.1) is 5.69 Å². The van der Waals surface area contributed by atoms with Gasteiger partial charge in [-0.3, -0.25) is 0 Å². The number of aromatic hydroxyl groups is 1. The van der Waals surface area contributed by atoms with Gasteiger partial charge in [0, 0.05) is 23.3 Å². The number of hydrogen-bond donors (Lipinski definition) is 1. The van der Waals surface area contributed by atoms with Crippen LogP contribution in [0.5, 0.6) is 5.75 Å². The zero-order valence-electron chi connectivity index (χ0n) is 9.55. The first-order chi connectivity index (χ1) is 8.72. The van der Waals surface area contributed by atoms with E-state index in [1.165, 1.54) is 0 Å². The molecule has 2 aromatic heterocycles. The summed E-state index contributed by atoms with van der Waals surface area (Å²) in [5.74, 6) is 0.315. The number of benzene rings is 1. The minimum absolute atomic E-state index is 0.315. The highest BCUT2D eigenvalue weighted by Gasteiger charge is 2.06. The molecule has 0 saturated carbocycles. The fourth-order valence-corrected chi connectivity index (χ4v) is 2.27. The molecular weight excluding hydrogens is 292 g/mol. The molecule has 0 radical (unpaired) electrons. The van der Waals surface area contributed by atoms with Crippen molar-refractivity contribution in [3.05, 3.63) is 64.5 Å². The molecule has 3 nitrogen and oxygen atoms in total. The second-order valence-electron chi connectivity index (χ2n) is 4.15. The maximum atomic E-state index is 9.75. The minimum Gasteiger partial charge on any atom is -0.508 e. The first-order valence-electron chi connectivity index (χ1n) is 5.62. The third kappa shape index (κ3) is 2.11. The molecule has 0 saturated heterocycles. The van der Waals surface area contributed by atoms with Crippen LogP contribution in [0.25, 0.3) is 5.65 Å². The molecule has 18 heavy (non-hydrogen) atoms. The first kappa shape index (κ1) is 11.3. The standard InChI is InChI=1S/C14H11BrN2O/c15-11-5-6-17-9-12(16-14(17)8-11)7-10-3-1-2-4-13(10)18/h1-6,8-9,18H,7H2. The Morgan fingerprint density at radius 1 is 1.22 bits per heavy atom. The molecule has 4 heteroatoms. The Labute approximate surface area is 113 Å². The normalized spacial score (nSPS) is 10.9. The molecule has 2 heterocycles. The molecule has 0 aliphatic heterocycles. The lowest BCUT2D eigenvalue weighted by atomic mass is 10.1. The van der Waals surface area contributed by atoms with Crippen molar-refractivity contribution in [2.75, 3.05) is 0 Å². The van der Waals surface area contributed by atoms with Crippen LogP contribution in [-0.4, -0.2) is 14.5 Å². The highest BCUT2D eigenvalue weighted by Crippen LogP contribution is 2.20. The minimum atomic E-state index is 0.315. The number of phenolic OH excluding ortho intramolecular Hbond substituents is 1. The number of hydrogen-bond acceptors (Lipinski definition) is 2. The van der Waals surface area contributed by atoms with Crippen LogP contribution in [0.1, 0.15) is 11.3 Å². The van der Waals surface area contributed by atoms with Crippen LogP contribution in [-0.2, 0) is 6.42 Å². The average molecular weight is 303 g/mol. The van der Waals surface area contributed by atoms with E-state index in [0.29, 0.717) is 12.2 Å². The number of para-hydroxylation sites is 1. The summed E-state index contributed by atoms with van der Waals surface area (Å²) in [6, 6.07) is 11.3. The third-order valence-electron chi connectivity index (χ3n) is 2.84. The molecule has 3 rings (SSSR count). The molecule has 0 unspecified atom stereocenters. The van der Waals surface area contributed by atoms with Gasteiger partial charge in [-0.05, 0) is 23.8 Å². The molecule has 0 aliphatic carbocycles. The van der Waals surface area contributed by atoms with Gasteiger partial charge in [0.15, 0.2) is 0 Å². The van der Waals surface area contributed by atoms with Crippen molar-refractivity contribution >= 4 is 21.6 Å². The van der Waals surface area contributed by atoms with Crippen LogP contribution < -0.4 is 0 Å². The van der Waals surface area contributed by atoms with Crippen molar-refractivity contribution in [1.29, 1.82) is 0 Å². The van der Waals surface area contributed by atoms with Gasteiger partial charge in [-0.15, -0.1) is 0 Å². The van der Waals surface area contributed by atoms with E-state index in [9.17, 15) is 5.11 Å². The third-order valence-corrected chi connectivity index (χ3v) is 3.33. The summed E-state index contributed by atoms with van der Waals surface area (Å²) in [6.45, 7) is 0. The van der Waals surface area contributed by atoms with Gasteiger partial charge in [-0.25, -0.2) is 4.98 Å². The number of phenols is 1. The zero-order chi connectivity index (χ0) is 12.5. The summed E-state index contributed by atoms with van der Waals surface area (Å²) in [7, 11) is 0. The fourth-order valence-electron chi connectivity index (χ4n) is 1.95. The molecule has 0 aliphatic rings. The maximum Gasteiger partial charge on any atom is 0.138 e. The second-order valence-corrected chi connectivity index (χ2v) is 5.06. The Hall–Kier alpha value is -1.81. The van der Waals surface area contributed by atoms with Crippen LogP contribution in [0.4, 0.5) is 0 Å². The number of fused-ring (bicyclic) bond motifs is 1. The van der Waals surface area contributed by atoms with E-state index < -0.39 is 0 Å². The van der Waals surface area contributed by atoms with E-state index in [0.717, 1.165) is 21.4 Å². The van der Waals surface area contributed by atoms with Crippen LogP contribution in [0.2, 0.25) is 0 Å². The number of halogens is 1. The van der Waals surface area contributed by atoms with Crippen LogP contribution in [0, 0.1) is 0 Å². The topological polar surface area (TPSA) is 37.5 Å². The number of nitrogens with zero attached hydrogens (tertiary/aromatic N) is 2. The van der Waals surface area contributed by atoms with Crippen LogP contribution in [0.15, 0.2) is 53.3 Å². The lowest BCUT2D eigenvalue weighted by molar-refractivity contribution is 0.469. The SMILES string of the molecule is Oc1ccccc1Cc1cn2ccc(Br)cc2n1. The van der Waals surface area contributed by atoms with Crippen molar-refractivity contribution in [3.8, 4) is 5.75 Å². The van der Waals surface area contributed by atoms with E-state index in [1.54, 1.807) is 6.07 Å². The van der Waals surface area contributed by atoms with E-state index in [2.05, 4.69) is 20.9 Å². The van der Waals surface area contributed by atoms with E-state index in [4.69, 9.17) is 0 Å². The molecule has 1 N–H and O–H groups in total. The van der Waals surface area contributed by atoms with E-state index in [1.807, 2.05) is 47.1 Å². The van der Waals surface area contributed by atoms with Gasteiger partial charge in [0.1, 0.15) is 11.4 Å². The molecule has 0 spiro atoms. The van der Waals surface area contributed by atoms with Gasteiger partial charge in [-0.2, -0.15) is 0 Å². The summed E-state index contributed by atoms with van der Waals surface area (Å²) in [6.07, 6.45) is 4.57. The van der Waals surface area contributed by atoms with Gasteiger partial charge in [-0.1, -0.05) is 34.1 Å². The van der Waals surface area contributed by atoms with Gasteiger partial charge in [0.25, 0.3) is 0 Å². The number of pyridine rings is 1. The molecule has 90 valence electrons. The van der Waals surface area contributed by atoms with Crippen molar-refractivity contribution < 1.29 is 5.11 Å². The molecule has 0 atom stereocenters. The zero-order valence-corrected chi connectivity index (χ0v) is 11.1. The smallest absolute Gasteiger partial charge is 0.138 e. The maximum absolute atomic E-state index is 9.75. The van der Waals surface area contributed by atoms with E-state index >= 15 is 0 Å². The predicted molar refractivity (Wildman–Crippen MR) is 73.8 cm³/mol. The Balaban J connectivity index is 1.98. The molecule has 0 bridgehead atoms. The largest absolute Gasteiger partial charge is 0.508 e. The Bertz CT molecular complexity index is 706. The Morgan fingerprint density at radius 2 is 2.06 bits per heavy atom. The highest BCUT2D eigenvalue weighted by atomic mass is 79.9. The van der Waals surface area contributed by atoms with Crippen LogP contribution in [0.3, 0.4) is 0 Å². The Morgan fingerprint density at radius 3 is 2.89 bits per heavy atom. The summed E-state index contributed by atoms with van der Waals surface area (Å²) < 4.78 is 2.98. The second kappa shape index (κ2) is 4.46. The van der Waals surface area contributed by atoms with Crippen molar-refractivity contribution in [3.63, 3.8) is 0 Å². The molecule has 0 fully saturated rings. The number of imidazole rings is 1. The average Bonchev–Trinajstić information content (AvgIpc) is 2.73. The molecule has 0 amide bonds. The van der Waals surface area contributed by atoms with Crippen molar-refractivity contribution in [2.45, 2.75) is 6.42 Å². The van der Waals surface area contributed by atoms with Gasteiger partial charge < -0.3 is 9.51 Å². The predicted octanol–water partition coefficient (Wildman–Crippen LogP) is 3.39. The highest BCUT2D eigenvalue weighted by molar-refractivity contribution is 9.10. The number of rotatable bonds is 2. The lowest BCUT2D eigenvalue weighted by Gasteiger charge is -2.00. The van der Waals surface area contributed by atoms with Crippen LogP contribution >= 0.6 is 15.9 Å². The van der Waals surface area contributed by atoms with Gasteiger partial charge in [0.2, 0.25) is 0 Å². The summed E-state index contributed by atoms with van der Waals surface area (Å²) >= 11 is 3.43. The van der Waals surface area contributed by atoms with E-state index in [-0.39, 0.29) is 0 Å². The quantitative estimate of drug-likeness (QED) is 0.788. The number of aromatic nitrogens is 2. The molecular formula is C14H11BrN2O. The Kier molecular flexibility index (Phi) is 2.80. The molecule has 3 aromatic rings. The summed E-state index contributed by atoms with van der Waals surface area (Å²) in [4.78, 5) is 4.53. The lowest BCUT2D eigenvalue weighted by Crippen LogP contribution is -1.88. The first-order valence-corrected chi connectivity index (χ1v) is 6.42. The monoisotopic (exact) mass is 302 g/mol. The molecule has 1 aromatic carbocycles. The van der Waals surface area contributed by atoms with Crippen molar-refractivity contribution in [1.82, 2.24) is 9.38 Å². The fraction of sp³-hybridized carbons (Fsp3) is 0.0714. The summed E-state index contributed by atoms with van der Waals surface area (Å²) in [5, 5.41) is 9.75. The van der Waals surface area contributed by atoms with Gasteiger partial charge >= 0.3 is 0 Å². The van der Waals surface area contributed by atoms with Crippen molar-refractivity contribution in [2.24, 2.45) is 0 Å².